The molecule has 5 heteroatoms. The summed E-state index contributed by atoms with van der Waals surface area (Å²) in [6.07, 6.45) is 1.65. The largest absolute Gasteiger partial charge is 0.497 e. The molecule has 2 rings (SSSR count). The molecule has 0 bridgehead atoms. The van der Waals surface area contributed by atoms with E-state index >= 15 is 0 Å². The molecule has 0 radical (unpaired) electrons. The predicted molar refractivity (Wildman–Crippen MR) is 74.3 cm³/mol. The Bertz CT molecular complexity index is 548. The predicted octanol–water partition coefficient (Wildman–Crippen LogP) is 4.09. The van der Waals surface area contributed by atoms with Crippen molar-refractivity contribution >= 4 is 27.5 Å². The van der Waals surface area contributed by atoms with Crippen molar-refractivity contribution < 1.29 is 9.47 Å². The molecule has 3 nitrogen and oxygen atoms in total. The number of halogens is 2. The number of hydrogen-bond donors (Lipinski definition) is 0. The van der Waals surface area contributed by atoms with Crippen LogP contribution in [0.4, 0.5) is 0 Å². The van der Waals surface area contributed by atoms with Gasteiger partial charge in [-0.15, -0.1) is 0 Å². The van der Waals surface area contributed by atoms with Crippen LogP contribution in [0.25, 0.3) is 0 Å². The Morgan fingerprint density at radius 2 is 2.17 bits per heavy atom. The maximum atomic E-state index is 5.96. The van der Waals surface area contributed by atoms with E-state index in [9.17, 15) is 0 Å². The zero-order valence-corrected chi connectivity index (χ0v) is 12.0. The first-order chi connectivity index (χ1) is 8.70. The van der Waals surface area contributed by atoms with Crippen LogP contribution in [0.5, 0.6) is 11.5 Å². The Morgan fingerprint density at radius 3 is 2.83 bits per heavy atom. The van der Waals surface area contributed by atoms with Gasteiger partial charge in [-0.25, -0.2) is 4.98 Å². The molecule has 2 aromatic rings. The lowest BCUT2D eigenvalue weighted by atomic mass is 10.3. The molecule has 0 aliphatic heterocycles. The summed E-state index contributed by atoms with van der Waals surface area (Å²) in [6, 6.07) is 9.23. The van der Waals surface area contributed by atoms with Crippen molar-refractivity contribution in [3.63, 3.8) is 0 Å². The minimum Gasteiger partial charge on any atom is -0.497 e. The molecule has 0 spiro atoms. The molecule has 0 saturated carbocycles. The number of benzene rings is 1. The summed E-state index contributed by atoms with van der Waals surface area (Å²) in [6.45, 7) is 0.373. The second-order valence-corrected chi connectivity index (χ2v) is 4.75. The van der Waals surface area contributed by atoms with Crippen LogP contribution in [0, 0.1) is 0 Å². The van der Waals surface area contributed by atoms with Crippen molar-refractivity contribution in [2.45, 2.75) is 6.61 Å². The Labute approximate surface area is 119 Å². The number of rotatable bonds is 4. The Balaban J connectivity index is 2.09. The van der Waals surface area contributed by atoms with Crippen LogP contribution in [0.3, 0.4) is 0 Å². The zero-order valence-electron chi connectivity index (χ0n) is 9.69. The molecule has 1 aromatic carbocycles. The van der Waals surface area contributed by atoms with Crippen LogP contribution >= 0.6 is 27.5 Å². The lowest BCUT2D eigenvalue weighted by molar-refractivity contribution is 0.303. The molecule has 0 unspecified atom stereocenters. The highest BCUT2D eigenvalue weighted by molar-refractivity contribution is 9.10. The monoisotopic (exact) mass is 327 g/mol. The van der Waals surface area contributed by atoms with E-state index in [2.05, 4.69) is 20.9 Å². The highest BCUT2D eigenvalue weighted by atomic mass is 79.9. The molecule has 0 atom stereocenters. The van der Waals surface area contributed by atoms with Crippen LogP contribution < -0.4 is 9.47 Å². The van der Waals surface area contributed by atoms with Gasteiger partial charge in [-0.3, -0.25) is 0 Å². The molecule has 0 N–H and O–H groups in total. The lowest BCUT2D eigenvalue weighted by Gasteiger charge is -2.10. The maximum absolute atomic E-state index is 5.96. The van der Waals surface area contributed by atoms with E-state index in [4.69, 9.17) is 21.1 Å². The Hall–Kier alpha value is -1.26. The fraction of sp³-hybridized carbons (Fsp3) is 0.154. The third kappa shape index (κ3) is 3.15. The zero-order chi connectivity index (χ0) is 13.0. The van der Waals surface area contributed by atoms with Gasteiger partial charge in [0.15, 0.2) is 0 Å². The molecule has 1 aromatic heterocycles. The number of methoxy groups -OCH3 is 1. The number of aromatic nitrogens is 1. The summed E-state index contributed by atoms with van der Waals surface area (Å²) in [7, 11) is 1.62. The van der Waals surface area contributed by atoms with Crippen molar-refractivity contribution in [2.24, 2.45) is 0 Å². The third-order valence-electron chi connectivity index (χ3n) is 2.36. The molecule has 1 heterocycles. The van der Waals surface area contributed by atoms with E-state index in [0.717, 1.165) is 21.5 Å². The summed E-state index contributed by atoms with van der Waals surface area (Å²) in [5, 5.41) is 0.460. The van der Waals surface area contributed by atoms with Gasteiger partial charge in [-0.2, -0.15) is 0 Å². The topological polar surface area (TPSA) is 31.4 Å². The van der Waals surface area contributed by atoms with Gasteiger partial charge in [-0.1, -0.05) is 17.7 Å². The second-order valence-electron chi connectivity index (χ2n) is 3.54. The van der Waals surface area contributed by atoms with Crippen LogP contribution in [-0.4, -0.2) is 12.1 Å². The first-order valence-corrected chi connectivity index (χ1v) is 6.43. The van der Waals surface area contributed by atoms with Crippen molar-refractivity contribution in [1.29, 1.82) is 0 Å². The summed E-state index contributed by atoms with van der Waals surface area (Å²) >= 11 is 9.38. The summed E-state index contributed by atoms with van der Waals surface area (Å²) < 4.78 is 11.6. The summed E-state index contributed by atoms with van der Waals surface area (Å²) in [5.41, 5.74) is 0.849. The molecule has 94 valence electrons. The Kier molecular flexibility index (Phi) is 4.44. The quantitative estimate of drug-likeness (QED) is 0.792. The van der Waals surface area contributed by atoms with E-state index in [-0.39, 0.29) is 0 Å². The molecule has 0 aliphatic rings. The summed E-state index contributed by atoms with van der Waals surface area (Å²) in [4.78, 5) is 3.99. The standard InChI is InChI=1S/C13H11BrClNO2/c1-17-10-4-5-12(11(14)7-10)18-8-9-3-2-6-16-13(9)15/h2-7H,8H2,1H3. The molecular formula is C13H11BrClNO2. The van der Waals surface area contributed by atoms with Gasteiger partial charge in [0.25, 0.3) is 0 Å². The second kappa shape index (κ2) is 6.07. The number of hydrogen-bond acceptors (Lipinski definition) is 3. The number of pyridine rings is 1. The van der Waals surface area contributed by atoms with Crippen LogP contribution in [-0.2, 0) is 6.61 Å². The first kappa shape index (κ1) is 13.2. The van der Waals surface area contributed by atoms with Crippen LogP contribution in [0.1, 0.15) is 5.56 Å². The molecule has 0 saturated heterocycles. The van der Waals surface area contributed by atoms with Gasteiger partial charge >= 0.3 is 0 Å². The minimum absolute atomic E-state index is 0.373. The van der Waals surface area contributed by atoms with Gasteiger partial charge in [0.1, 0.15) is 23.3 Å². The molecule has 0 fully saturated rings. The van der Waals surface area contributed by atoms with Gasteiger partial charge in [0.2, 0.25) is 0 Å². The molecule has 0 amide bonds. The maximum Gasteiger partial charge on any atom is 0.135 e. The van der Waals surface area contributed by atoms with Crippen molar-refractivity contribution in [1.82, 2.24) is 4.98 Å². The SMILES string of the molecule is COc1ccc(OCc2cccnc2Cl)c(Br)c1. The lowest BCUT2D eigenvalue weighted by Crippen LogP contribution is -1.98. The van der Waals surface area contributed by atoms with Crippen LogP contribution in [0.15, 0.2) is 41.0 Å². The number of ether oxygens (including phenoxy) is 2. The van der Waals surface area contributed by atoms with Crippen molar-refractivity contribution in [3.05, 3.63) is 51.7 Å². The van der Waals surface area contributed by atoms with E-state index in [1.165, 1.54) is 0 Å². The van der Waals surface area contributed by atoms with Gasteiger partial charge in [-0.05, 0) is 40.2 Å². The van der Waals surface area contributed by atoms with Gasteiger partial charge in [0.05, 0.1) is 11.6 Å². The highest BCUT2D eigenvalue weighted by Crippen LogP contribution is 2.30. The van der Waals surface area contributed by atoms with E-state index in [1.54, 1.807) is 13.3 Å². The number of nitrogens with zero attached hydrogens (tertiary/aromatic N) is 1. The van der Waals surface area contributed by atoms with E-state index < -0.39 is 0 Å². The fourth-order valence-electron chi connectivity index (χ4n) is 1.41. The van der Waals surface area contributed by atoms with Crippen molar-refractivity contribution in [2.75, 3.05) is 7.11 Å². The van der Waals surface area contributed by atoms with E-state index in [0.29, 0.717) is 11.8 Å². The first-order valence-electron chi connectivity index (χ1n) is 5.26. The van der Waals surface area contributed by atoms with Crippen molar-refractivity contribution in [3.8, 4) is 11.5 Å². The molecular weight excluding hydrogens is 318 g/mol. The smallest absolute Gasteiger partial charge is 0.135 e. The summed E-state index contributed by atoms with van der Waals surface area (Å²) in [5.74, 6) is 1.50. The van der Waals surface area contributed by atoms with Crippen LogP contribution in [0.2, 0.25) is 5.15 Å². The third-order valence-corrected chi connectivity index (χ3v) is 3.32. The molecule has 0 aliphatic carbocycles. The average molecular weight is 329 g/mol. The van der Waals surface area contributed by atoms with Gasteiger partial charge < -0.3 is 9.47 Å². The van der Waals surface area contributed by atoms with E-state index in [1.807, 2.05) is 30.3 Å². The Morgan fingerprint density at radius 1 is 1.33 bits per heavy atom. The minimum atomic E-state index is 0.373. The normalized spacial score (nSPS) is 10.2. The highest BCUT2D eigenvalue weighted by Gasteiger charge is 2.05. The molecule has 18 heavy (non-hydrogen) atoms. The average Bonchev–Trinajstić information content (AvgIpc) is 2.39. The fourth-order valence-corrected chi connectivity index (χ4v) is 2.05. The van der Waals surface area contributed by atoms with Gasteiger partial charge in [0, 0.05) is 11.8 Å².